The molecule has 19 nitrogen and oxygen atoms in total. The number of anilines is 1. The van der Waals surface area contributed by atoms with Gasteiger partial charge in [-0.15, -0.1) is 0 Å². The second-order valence-corrected chi connectivity index (χ2v) is 13.9. The lowest BCUT2D eigenvalue weighted by Crippen LogP contribution is -2.44. The van der Waals surface area contributed by atoms with E-state index in [1.54, 1.807) is 26.0 Å². The number of carboxylic acid groups (broad SMARTS) is 2. The van der Waals surface area contributed by atoms with Crippen molar-refractivity contribution in [1.29, 1.82) is 0 Å². The first-order valence-corrected chi connectivity index (χ1v) is 18.8. The molecule has 26 heteroatoms. The normalized spacial score (nSPS) is 13.3. The van der Waals surface area contributed by atoms with E-state index < -0.39 is 42.2 Å². The number of carboxylic acids is 2. The third-order valence-corrected chi connectivity index (χ3v) is 8.92. The number of hydrogen-bond acceptors (Lipinski definition) is 12. The molecule has 2 amide bonds. The third-order valence-electron chi connectivity index (χ3n) is 8.74. The van der Waals surface area contributed by atoms with E-state index in [9.17, 15) is 46.1 Å². The molecule has 0 unspecified atom stereocenters. The summed E-state index contributed by atoms with van der Waals surface area (Å²) in [6.07, 6.45) is -7.86. The Bertz CT molecular complexity index is 2180. The highest BCUT2D eigenvalue weighted by atomic mass is 35.5. The van der Waals surface area contributed by atoms with Crippen molar-refractivity contribution in [3.63, 3.8) is 0 Å². The number of nitrogens with zero attached hydrogens (tertiary/aromatic N) is 6. The molecule has 1 aliphatic rings. The maximum atomic E-state index is 13.3. The Balaban J connectivity index is 0.000000785. The van der Waals surface area contributed by atoms with Crippen LogP contribution in [0.1, 0.15) is 54.4 Å². The van der Waals surface area contributed by atoms with E-state index in [0.29, 0.717) is 37.1 Å². The van der Waals surface area contributed by atoms with Crippen molar-refractivity contribution in [3.8, 4) is 11.5 Å². The van der Waals surface area contributed by atoms with Crippen LogP contribution in [-0.4, -0.2) is 114 Å². The number of hydrogen-bond donors (Lipinski definition) is 5. The van der Waals surface area contributed by atoms with Gasteiger partial charge in [-0.3, -0.25) is 14.6 Å². The second kappa shape index (κ2) is 23.4. The van der Waals surface area contributed by atoms with Crippen LogP contribution in [0.15, 0.2) is 36.5 Å². The number of aliphatic carboxylic acids is 2. The lowest BCUT2D eigenvalue weighted by Gasteiger charge is -2.26. The van der Waals surface area contributed by atoms with Crippen LogP contribution in [-0.2, 0) is 45.3 Å². The summed E-state index contributed by atoms with van der Waals surface area (Å²) in [6.45, 7) is 7.91. The molecule has 1 aromatic carbocycles. The quantitative estimate of drug-likeness (QED) is 0.0951. The average molecular weight is 927 g/mol. The number of amides is 2. The van der Waals surface area contributed by atoms with Gasteiger partial charge in [-0.1, -0.05) is 23.4 Å². The minimum absolute atomic E-state index is 0. The van der Waals surface area contributed by atoms with Gasteiger partial charge in [0.15, 0.2) is 29.2 Å². The number of nitrogens with one attached hydrogen (secondary N) is 1. The van der Waals surface area contributed by atoms with Gasteiger partial charge in [-0.05, 0) is 51.8 Å². The summed E-state index contributed by atoms with van der Waals surface area (Å²) >= 11 is 5.97. The minimum Gasteiger partial charge on any atom is -0.871 e. The van der Waals surface area contributed by atoms with Crippen LogP contribution in [0.2, 0.25) is 5.15 Å². The number of aliphatic hydroxyl groups excluding tert-OH is 1. The van der Waals surface area contributed by atoms with E-state index in [1.165, 1.54) is 17.2 Å². The van der Waals surface area contributed by atoms with Crippen molar-refractivity contribution >= 4 is 52.2 Å². The van der Waals surface area contributed by atoms with Crippen molar-refractivity contribution in [2.45, 2.75) is 78.2 Å². The SMILES string of the molecule is CCn1c(CNC(=O)c2nc(Cl)cnc2N)[n+](CC2CCOCC2)c2ccc(OCC(=O)N(Cc3nc(C)ccc3[O-])C[C@H](C)O)cc21.O.O=C(O)C(F)(F)F.O=C(O)C(F)(F)F. The summed E-state index contributed by atoms with van der Waals surface area (Å²) in [6, 6.07) is 8.66. The number of aromatic nitrogens is 5. The molecule has 4 heterocycles. The van der Waals surface area contributed by atoms with Gasteiger partial charge >= 0.3 is 24.3 Å². The summed E-state index contributed by atoms with van der Waals surface area (Å²) in [7, 11) is 0. The zero-order valence-corrected chi connectivity index (χ0v) is 34.6. The van der Waals surface area contributed by atoms with Gasteiger partial charge in [0.05, 0.1) is 37.6 Å². The topological polar surface area (TPSA) is 291 Å². The Kier molecular flexibility index (Phi) is 19.7. The molecule has 63 heavy (non-hydrogen) atoms. The van der Waals surface area contributed by atoms with Crippen molar-refractivity contribution in [2.75, 3.05) is 32.1 Å². The molecular weight excluding hydrogens is 882 g/mol. The number of carbonyl (C=O) groups excluding carboxylic acids is 2. The van der Waals surface area contributed by atoms with Crippen LogP contribution in [0.25, 0.3) is 11.0 Å². The molecule has 1 aliphatic heterocycles. The van der Waals surface area contributed by atoms with Gasteiger partial charge in [-0.2, -0.15) is 26.3 Å². The minimum atomic E-state index is -5.08. The van der Waals surface area contributed by atoms with Crippen LogP contribution >= 0.6 is 11.6 Å². The fourth-order valence-corrected chi connectivity index (χ4v) is 6.02. The summed E-state index contributed by atoms with van der Waals surface area (Å²) in [5.41, 5.74) is 8.55. The Morgan fingerprint density at radius 1 is 1.08 bits per heavy atom. The molecule has 0 bridgehead atoms. The molecule has 5 rings (SSSR count). The fourth-order valence-electron chi connectivity index (χ4n) is 5.88. The van der Waals surface area contributed by atoms with E-state index in [4.69, 9.17) is 46.6 Å². The van der Waals surface area contributed by atoms with Crippen molar-refractivity contribution in [2.24, 2.45) is 5.92 Å². The van der Waals surface area contributed by atoms with Gasteiger partial charge < -0.3 is 51.3 Å². The Labute approximate surface area is 359 Å². The number of alkyl halides is 6. The first-order valence-electron chi connectivity index (χ1n) is 18.4. The third kappa shape index (κ3) is 16.0. The van der Waals surface area contributed by atoms with E-state index in [1.807, 2.05) is 19.1 Å². The summed E-state index contributed by atoms with van der Waals surface area (Å²) in [4.78, 5) is 57.9. The molecule has 8 N–H and O–H groups in total. The number of pyridine rings is 1. The number of rotatable bonds is 13. The molecule has 4 aromatic rings. The van der Waals surface area contributed by atoms with Crippen molar-refractivity contribution < 1.29 is 85.5 Å². The average Bonchev–Trinajstić information content (AvgIpc) is 3.48. The van der Waals surface area contributed by atoms with Gasteiger partial charge in [0.1, 0.15) is 17.4 Å². The number of benzene rings is 1. The van der Waals surface area contributed by atoms with Crippen LogP contribution in [0.4, 0.5) is 32.2 Å². The zero-order valence-electron chi connectivity index (χ0n) is 33.8. The maximum Gasteiger partial charge on any atom is 0.490 e. The van der Waals surface area contributed by atoms with E-state index in [-0.39, 0.29) is 59.8 Å². The van der Waals surface area contributed by atoms with E-state index >= 15 is 0 Å². The summed E-state index contributed by atoms with van der Waals surface area (Å²) in [5, 5.41) is 39.7. The van der Waals surface area contributed by atoms with E-state index in [2.05, 4.69) is 29.4 Å². The molecule has 0 spiro atoms. The molecule has 3 aromatic heterocycles. The Morgan fingerprint density at radius 2 is 1.68 bits per heavy atom. The monoisotopic (exact) mass is 926 g/mol. The number of fused-ring (bicyclic) bond motifs is 1. The number of aryl methyl sites for hydroxylation is 2. The first-order chi connectivity index (χ1) is 28.9. The Hall–Kier alpha value is -6.05. The summed E-state index contributed by atoms with van der Waals surface area (Å²) < 4.78 is 79.3. The zero-order chi connectivity index (χ0) is 46.5. The second-order valence-electron chi connectivity index (χ2n) is 13.5. The lowest BCUT2D eigenvalue weighted by molar-refractivity contribution is -0.687. The Morgan fingerprint density at radius 3 is 2.24 bits per heavy atom. The molecule has 0 radical (unpaired) electrons. The summed E-state index contributed by atoms with van der Waals surface area (Å²) in [5.74, 6) is -5.00. The van der Waals surface area contributed by atoms with E-state index in [0.717, 1.165) is 36.2 Å². The number of nitrogen functional groups attached to an aromatic ring is 1. The van der Waals surface area contributed by atoms with Gasteiger partial charge in [-0.25, -0.2) is 28.7 Å². The van der Waals surface area contributed by atoms with Crippen LogP contribution in [0.5, 0.6) is 11.5 Å². The maximum absolute atomic E-state index is 13.3. The molecule has 1 atom stereocenters. The fraction of sp³-hybridized carbons (Fsp3) is 0.459. The van der Waals surface area contributed by atoms with Crippen LogP contribution < -0.4 is 25.5 Å². The highest BCUT2D eigenvalue weighted by molar-refractivity contribution is 6.29. The first kappa shape index (κ1) is 53.1. The molecule has 1 fully saturated rings. The van der Waals surface area contributed by atoms with Gasteiger partial charge in [0, 0.05) is 37.4 Å². The number of ether oxygens (including phenoxy) is 2. The number of imidazole rings is 1. The largest absolute Gasteiger partial charge is 0.871 e. The number of aliphatic hydroxyl groups is 1. The number of nitrogens with two attached hydrogens (primary N) is 1. The molecule has 0 saturated carbocycles. The number of halogens is 7. The standard InChI is InChI=1S/C33H41ClN8O6.2C2HF3O2.H2O/c1-4-41-26-13-23(48-19-30(45)40(16-21(3)43)18-24-27(44)8-5-20(2)38-24)6-7-25(26)42(17-22-9-11-47-12-10-22)29(41)15-37-33(46)31-32(35)36-14-28(34)39-31;2*3-2(4,5)1(6)7;/h5-8,13-14,21-22,43H,4,9-12,15-19H2,1-3H3,(H3-,35,36,37,44,46);2*(H,6,7);1H2/t21-;;;/m0.../s1. The number of carbonyl (C=O) groups is 4. The smallest absolute Gasteiger partial charge is 0.490 e. The molecular formula is C37H45ClF6N8O11. The van der Waals surface area contributed by atoms with Gasteiger partial charge in [0.25, 0.3) is 17.6 Å². The molecule has 348 valence electrons. The predicted octanol–water partition coefficient (Wildman–Crippen LogP) is 2.34. The van der Waals surface area contributed by atoms with Gasteiger partial charge in [0.2, 0.25) is 0 Å². The van der Waals surface area contributed by atoms with Crippen LogP contribution in [0.3, 0.4) is 0 Å². The highest BCUT2D eigenvalue weighted by Crippen LogP contribution is 2.25. The van der Waals surface area contributed by atoms with Crippen LogP contribution in [0, 0.1) is 12.8 Å². The molecule has 0 aliphatic carbocycles. The lowest BCUT2D eigenvalue weighted by atomic mass is 10.0. The molecule has 1 saturated heterocycles. The van der Waals surface area contributed by atoms with Crippen molar-refractivity contribution in [3.05, 3.63) is 64.6 Å². The predicted molar refractivity (Wildman–Crippen MR) is 206 cm³/mol. The van der Waals surface area contributed by atoms with Crippen molar-refractivity contribution in [1.82, 2.24) is 29.7 Å². The highest BCUT2D eigenvalue weighted by Gasteiger charge is 2.39.